The van der Waals surface area contributed by atoms with Crippen LogP contribution in [0.4, 0.5) is 0 Å². The molecule has 3 rings (SSSR count). The number of hydrogen-bond acceptors (Lipinski definition) is 3. The van der Waals surface area contributed by atoms with Gasteiger partial charge >= 0.3 is 0 Å². The van der Waals surface area contributed by atoms with Gasteiger partial charge in [0.15, 0.2) is 0 Å². The summed E-state index contributed by atoms with van der Waals surface area (Å²) in [5.74, 6) is -0.284. The first-order chi connectivity index (χ1) is 13.0. The monoisotopic (exact) mass is 356 g/mol. The summed E-state index contributed by atoms with van der Waals surface area (Å²) >= 11 is 0. The molecule has 0 atom stereocenters. The summed E-state index contributed by atoms with van der Waals surface area (Å²) in [4.78, 5) is 12.9. The van der Waals surface area contributed by atoms with Gasteiger partial charge in [0, 0.05) is 35.3 Å². The van der Waals surface area contributed by atoms with Crippen molar-refractivity contribution in [3.05, 3.63) is 89.5 Å². The predicted molar refractivity (Wildman–Crippen MR) is 106 cm³/mol. The molecule has 5 nitrogen and oxygen atoms in total. The van der Waals surface area contributed by atoms with Crippen LogP contribution >= 0.6 is 0 Å². The molecule has 0 saturated heterocycles. The third-order valence-corrected chi connectivity index (χ3v) is 4.43. The van der Waals surface area contributed by atoms with Gasteiger partial charge in [-0.25, -0.2) is 4.68 Å². The van der Waals surface area contributed by atoms with E-state index in [0.717, 1.165) is 17.1 Å². The van der Waals surface area contributed by atoms with E-state index < -0.39 is 0 Å². The molecule has 134 valence electrons. The number of ketones is 1. The fourth-order valence-corrected chi connectivity index (χ4v) is 3.03. The van der Waals surface area contributed by atoms with E-state index in [2.05, 4.69) is 11.7 Å². The van der Waals surface area contributed by atoms with Crippen molar-refractivity contribution in [1.29, 1.82) is 5.26 Å². The largest absolute Gasteiger partial charge is 0.345 e. The third-order valence-electron chi connectivity index (χ3n) is 4.43. The normalized spacial score (nSPS) is 11.2. The summed E-state index contributed by atoms with van der Waals surface area (Å²) in [6.07, 6.45) is 6.79. The van der Waals surface area contributed by atoms with Crippen LogP contribution in [0.1, 0.15) is 27.3 Å². The maximum Gasteiger partial charge on any atom is 0.205 e. The number of aryl methyl sites for hydroxylation is 1. The summed E-state index contributed by atoms with van der Waals surface area (Å²) in [6.45, 7) is 8.19. The maximum atomic E-state index is 12.9. The molecule has 0 unspecified atom stereocenters. The van der Waals surface area contributed by atoms with Crippen LogP contribution in [0.3, 0.4) is 0 Å². The van der Waals surface area contributed by atoms with E-state index in [-0.39, 0.29) is 11.4 Å². The van der Waals surface area contributed by atoms with E-state index in [1.807, 2.05) is 60.9 Å². The summed E-state index contributed by atoms with van der Waals surface area (Å²) < 4.78 is 3.71. The highest BCUT2D eigenvalue weighted by Crippen LogP contribution is 2.20. The highest BCUT2D eigenvalue weighted by Gasteiger charge is 2.19. The average molecular weight is 356 g/mol. The van der Waals surface area contributed by atoms with Crippen LogP contribution in [0.25, 0.3) is 11.8 Å². The van der Waals surface area contributed by atoms with Crippen molar-refractivity contribution in [1.82, 2.24) is 14.3 Å². The number of carbonyl (C=O) groups excluding carboxylic acids is 1. The molecular weight excluding hydrogens is 336 g/mol. The van der Waals surface area contributed by atoms with Crippen LogP contribution in [0, 0.1) is 25.2 Å². The molecule has 0 aliphatic rings. The lowest BCUT2D eigenvalue weighted by atomic mass is 10.0. The van der Waals surface area contributed by atoms with Crippen LogP contribution in [0.15, 0.2) is 67.0 Å². The fraction of sp³-hybridized carbons (Fsp3) is 0.136. The smallest absolute Gasteiger partial charge is 0.205 e. The molecule has 0 N–H and O–H groups in total. The summed E-state index contributed by atoms with van der Waals surface area (Å²) in [6, 6.07) is 13.5. The van der Waals surface area contributed by atoms with Crippen molar-refractivity contribution in [2.75, 3.05) is 0 Å². The quantitative estimate of drug-likeness (QED) is 0.287. The Balaban J connectivity index is 1.93. The Kier molecular flexibility index (Phi) is 5.18. The summed E-state index contributed by atoms with van der Waals surface area (Å²) in [5.41, 5.74) is 4.03. The minimum atomic E-state index is -0.284. The van der Waals surface area contributed by atoms with Crippen molar-refractivity contribution in [2.24, 2.45) is 0 Å². The zero-order valence-electron chi connectivity index (χ0n) is 15.4. The van der Waals surface area contributed by atoms with Crippen LogP contribution in [0.5, 0.6) is 0 Å². The SMILES string of the molecule is C=CCn1c(C)cc(C(=O)/C(C#N)=C/c2cnn(-c3ccccc3)c2)c1C. The van der Waals surface area contributed by atoms with Crippen molar-refractivity contribution in [2.45, 2.75) is 20.4 Å². The first kappa shape index (κ1) is 18.2. The number of rotatable bonds is 6. The Hall–Kier alpha value is -3.65. The van der Waals surface area contributed by atoms with Gasteiger partial charge in [-0.05, 0) is 38.1 Å². The second kappa shape index (κ2) is 7.71. The maximum absolute atomic E-state index is 12.9. The van der Waals surface area contributed by atoms with Crippen molar-refractivity contribution >= 4 is 11.9 Å². The van der Waals surface area contributed by atoms with Crippen LogP contribution in [-0.4, -0.2) is 20.1 Å². The van der Waals surface area contributed by atoms with E-state index in [0.29, 0.717) is 17.7 Å². The van der Waals surface area contributed by atoms with Crippen LogP contribution in [0.2, 0.25) is 0 Å². The molecule has 0 bridgehead atoms. The molecule has 0 spiro atoms. The van der Waals surface area contributed by atoms with Gasteiger partial charge in [0.25, 0.3) is 0 Å². The number of allylic oxidation sites excluding steroid dienone is 2. The fourth-order valence-electron chi connectivity index (χ4n) is 3.03. The number of hydrogen-bond donors (Lipinski definition) is 0. The molecule has 0 radical (unpaired) electrons. The van der Waals surface area contributed by atoms with E-state index in [4.69, 9.17) is 0 Å². The van der Waals surface area contributed by atoms with Gasteiger partial charge in [-0.15, -0.1) is 6.58 Å². The molecule has 0 amide bonds. The van der Waals surface area contributed by atoms with Crippen LogP contribution < -0.4 is 0 Å². The summed E-state index contributed by atoms with van der Waals surface area (Å²) in [5, 5.41) is 13.8. The second-order valence-corrected chi connectivity index (χ2v) is 6.24. The Morgan fingerprint density at radius 3 is 2.70 bits per heavy atom. The zero-order valence-corrected chi connectivity index (χ0v) is 15.4. The highest BCUT2D eigenvalue weighted by molar-refractivity contribution is 6.14. The van der Waals surface area contributed by atoms with Gasteiger partial charge < -0.3 is 4.57 Å². The number of nitriles is 1. The van der Waals surface area contributed by atoms with E-state index in [1.54, 1.807) is 29.2 Å². The van der Waals surface area contributed by atoms with Gasteiger partial charge in [-0.3, -0.25) is 4.79 Å². The number of carbonyl (C=O) groups is 1. The lowest BCUT2D eigenvalue weighted by molar-refractivity contribution is 0.103. The number of Topliss-reactive ketones (excluding diaryl/α,β-unsaturated/α-hetero) is 1. The van der Waals surface area contributed by atoms with E-state index in [1.165, 1.54) is 0 Å². The molecule has 2 aromatic heterocycles. The van der Waals surface area contributed by atoms with Crippen LogP contribution in [-0.2, 0) is 6.54 Å². The standard InChI is InChI=1S/C22H20N4O/c1-4-10-25-16(2)11-21(17(25)3)22(27)19(13-23)12-18-14-24-26(15-18)20-8-6-5-7-9-20/h4-9,11-12,14-15H,1,10H2,2-3H3/b19-12+. The number of para-hydroxylation sites is 1. The third kappa shape index (κ3) is 3.65. The van der Waals surface area contributed by atoms with Crippen molar-refractivity contribution < 1.29 is 4.79 Å². The number of nitrogens with zero attached hydrogens (tertiary/aromatic N) is 4. The van der Waals surface area contributed by atoms with Crippen molar-refractivity contribution in [3.8, 4) is 11.8 Å². The first-order valence-corrected chi connectivity index (χ1v) is 8.59. The first-order valence-electron chi connectivity index (χ1n) is 8.59. The Morgan fingerprint density at radius 2 is 2.04 bits per heavy atom. The van der Waals surface area contributed by atoms with Crippen molar-refractivity contribution in [3.63, 3.8) is 0 Å². The van der Waals surface area contributed by atoms with Gasteiger partial charge in [-0.1, -0.05) is 24.3 Å². The molecule has 0 aliphatic carbocycles. The Morgan fingerprint density at radius 1 is 1.30 bits per heavy atom. The van der Waals surface area contributed by atoms with Gasteiger partial charge in [0.1, 0.15) is 11.6 Å². The molecule has 27 heavy (non-hydrogen) atoms. The molecule has 2 heterocycles. The molecule has 5 heteroatoms. The molecule has 1 aromatic carbocycles. The lowest BCUT2D eigenvalue weighted by Gasteiger charge is -2.05. The molecule has 0 aliphatic heterocycles. The van der Waals surface area contributed by atoms with Gasteiger partial charge in [0.05, 0.1) is 11.9 Å². The predicted octanol–water partition coefficient (Wildman–Crippen LogP) is 4.27. The molecule has 0 fully saturated rings. The average Bonchev–Trinajstić information content (AvgIpc) is 3.26. The number of benzene rings is 1. The second-order valence-electron chi connectivity index (χ2n) is 6.24. The van der Waals surface area contributed by atoms with Gasteiger partial charge in [0.2, 0.25) is 5.78 Å². The highest BCUT2D eigenvalue weighted by atomic mass is 16.1. The molecule has 3 aromatic rings. The van der Waals surface area contributed by atoms with Gasteiger partial charge in [-0.2, -0.15) is 10.4 Å². The van der Waals surface area contributed by atoms with E-state index in [9.17, 15) is 10.1 Å². The topological polar surface area (TPSA) is 63.6 Å². The Bertz CT molecular complexity index is 1060. The summed E-state index contributed by atoms with van der Waals surface area (Å²) in [7, 11) is 0. The lowest BCUT2D eigenvalue weighted by Crippen LogP contribution is -2.05. The molecule has 0 saturated carbocycles. The van der Waals surface area contributed by atoms with E-state index >= 15 is 0 Å². The number of aromatic nitrogens is 3. The Labute approximate surface area is 158 Å². The minimum Gasteiger partial charge on any atom is -0.345 e. The minimum absolute atomic E-state index is 0.0847. The molecular formula is C22H20N4O. The zero-order chi connectivity index (χ0) is 19.4.